The summed E-state index contributed by atoms with van der Waals surface area (Å²) >= 11 is 0. The molecule has 0 radical (unpaired) electrons. The molecule has 39 heavy (non-hydrogen) atoms. The number of hydrogen-bond acceptors (Lipinski definition) is 8. The second-order valence-corrected chi connectivity index (χ2v) is 11.2. The molecule has 0 fully saturated rings. The quantitative estimate of drug-likeness (QED) is 0.348. The number of fused-ring (bicyclic) bond motifs is 3. The molecule has 3 aliphatic carbocycles. The van der Waals surface area contributed by atoms with Crippen molar-refractivity contribution in [1.29, 1.82) is 0 Å². The van der Waals surface area contributed by atoms with Crippen molar-refractivity contribution >= 4 is 17.5 Å². The summed E-state index contributed by atoms with van der Waals surface area (Å²) in [6.45, 7) is 5.45. The molecule has 212 valence electrons. The van der Waals surface area contributed by atoms with Gasteiger partial charge in [0.1, 0.15) is 22.8 Å². The average molecular weight is 553 g/mol. The summed E-state index contributed by atoms with van der Waals surface area (Å²) in [7, 11) is 1.66. The smallest absolute Gasteiger partial charge is 0.417 e. The minimum atomic E-state index is -4.89. The van der Waals surface area contributed by atoms with Crippen LogP contribution in [0, 0.1) is 11.8 Å². The van der Waals surface area contributed by atoms with E-state index in [1.807, 2.05) is 20.8 Å². The highest BCUT2D eigenvalue weighted by Crippen LogP contribution is 2.53. The standard InChI is InChI=1S/C27H31F3N2O7/c1-5-25(2,3)32(4)10-12-8-15(33)18-14(20(12)27(28,29)30)7-11-6-13-9-16(34)19(24(31)38)23(37)26(13,39)22(36)17(11)21(18)35/h8,11,13,33-34,36,39H,5-7,9-10H2,1-4H3,(H2,31,38)/t11?,13-,26-/m0/s1. The number of halogens is 3. The van der Waals surface area contributed by atoms with Gasteiger partial charge in [-0.05, 0) is 63.3 Å². The van der Waals surface area contributed by atoms with Gasteiger partial charge in [-0.3, -0.25) is 19.3 Å². The minimum absolute atomic E-state index is 0.172. The van der Waals surface area contributed by atoms with Crippen molar-refractivity contribution in [2.45, 2.75) is 70.3 Å². The highest BCUT2D eigenvalue weighted by molar-refractivity contribution is 6.24. The summed E-state index contributed by atoms with van der Waals surface area (Å²) in [5, 5.41) is 43.3. The molecule has 6 N–H and O–H groups in total. The van der Waals surface area contributed by atoms with Gasteiger partial charge in [-0.25, -0.2) is 0 Å². The van der Waals surface area contributed by atoms with Gasteiger partial charge in [0, 0.05) is 30.0 Å². The number of benzene rings is 1. The van der Waals surface area contributed by atoms with E-state index in [0.29, 0.717) is 6.42 Å². The van der Waals surface area contributed by atoms with Crippen LogP contribution < -0.4 is 5.73 Å². The number of aromatic hydroxyl groups is 1. The summed E-state index contributed by atoms with van der Waals surface area (Å²) in [5.74, 6) is -8.75. The van der Waals surface area contributed by atoms with Gasteiger partial charge < -0.3 is 26.2 Å². The Kier molecular flexibility index (Phi) is 6.67. The fourth-order valence-electron chi connectivity index (χ4n) is 5.98. The molecule has 12 heteroatoms. The number of allylic oxidation sites excluding steroid dienone is 2. The molecular formula is C27H31F3N2O7. The number of carbonyl (C=O) groups excluding carboxylic acids is 3. The molecular weight excluding hydrogens is 521 g/mol. The summed E-state index contributed by atoms with van der Waals surface area (Å²) < 4.78 is 43.6. The molecule has 0 aromatic heterocycles. The van der Waals surface area contributed by atoms with E-state index in [2.05, 4.69) is 0 Å². The van der Waals surface area contributed by atoms with E-state index in [-0.39, 0.29) is 18.5 Å². The van der Waals surface area contributed by atoms with Crippen molar-refractivity contribution in [2.24, 2.45) is 17.6 Å². The Morgan fingerprint density at radius 2 is 1.79 bits per heavy atom. The molecule has 1 amide bonds. The number of nitrogens with zero attached hydrogens (tertiary/aromatic N) is 1. The largest absolute Gasteiger partial charge is 0.511 e. The second kappa shape index (κ2) is 9.09. The number of phenolic OH excluding ortho intramolecular Hbond substituents is 1. The fourth-order valence-corrected chi connectivity index (χ4v) is 5.98. The van der Waals surface area contributed by atoms with Crippen LogP contribution >= 0.6 is 0 Å². The second-order valence-electron chi connectivity index (χ2n) is 11.2. The summed E-state index contributed by atoms with van der Waals surface area (Å²) in [5.41, 5.74) is -1.90. The number of alkyl halides is 3. The zero-order chi connectivity index (χ0) is 29.4. The summed E-state index contributed by atoms with van der Waals surface area (Å²) in [4.78, 5) is 40.0. The Hall–Kier alpha value is -3.38. The van der Waals surface area contributed by atoms with Crippen LogP contribution in [0.5, 0.6) is 5.75 Å². The third-order valence-electron chi connectivity index (χ3n) is 8.74. The molecule has 3 aliphatic rings. The lowest BCUT2D eigenvalue weighted by Gasteiger charge is -2.46. The zero-order valence-electron chi connectivity index (χ0n) is 21.9. The lowest BCUT2D eigenvalue weighted by molar-refractivity contribution is -0.144. The molecule has 1 unspecified atom stereocenters. The lowest BCUT2D eigenvalue weighted by Crippen LogP contribution is -2.57. The minimum Gasteiger partial charge on any atom is -0.511 e. The van der Waals surface area contributed by atoms with Gasteiger partial charge in [0.25, 0.3) is 5.91 Å². The maximum atomic E-state index is 14.5. The molecule has 1 aromatic carbocycles. The van der Waals surface area contributed by atoms with Gasteiger partial charge in [-0.1, -0.05) is 6.92 Å². The number of hydrogen-bond donors (Lipinski definition) is 5. The number of nitrogens with two attached hydrogens (primary N) is 1. The van der Waals surface area contributed by atoms with Crippen molar-refractivity contribution in [1.82, 2.24) is 4.90 Å². The van der Waals surface area contributed by atoms with E-state index in [0.717, 1.165) is 6.07 Å². The molecule has 1 aromatic rings. The van der Waals surface area contributed by atoms with E-state index in [1.54, 1.807) is 11.9 Å². The molecule has 0 saturated carbocycles. The summed E-state index contributed by atoms with van der Waals surface area (Å²) in [6, 6.07) is 0.887. The van der Waals surface area contributed by atoms with Gasteiger partial charge in [-0.2, -0.15) is 13.2 Å². The van der Waals surface area contributed by atoms with E-state index >= 15 is 0 Å². The lowest BCUT2D eigenvalue weighted by atomic mass is 9.60. The Balaban J connectivity index is 1.91. The van der Waals surface area contributed by atoms with Gasteiger partial charge >= 0.3 is 6.18 Å². The predicted molar refractivity (Wildman–Crippen MR) is 132 cm³/mol. The van der Waals surface area contributed by atoms with Crippen molar-refractivity contribution in [3.63, 3.8) is 0 Å². The first kappa shape index (κ1) is 28.6. The van der Waals surface area contributed by atoms with Gasteiger partial charge in [0.2, 0.25) is 5.78 Å². The van der Waals surface area contributed by atoms with Crippen LogP contribution in [0.25, 0.3) is 0 Å². The number of amides is 1. The molecule has 0 saturated heterocycles. The first-order valence-electron chi connectivity index (χ1n) is 12.5. The number of rotatable bonds is 5. The van der Waals surface area contributed by atoms with Crippen LogP contribution in [-0.2, 0) is 28.7 Å². The van der Waals surface area contributed by atoms with Crippen LogP contribution in [0.1, 0.15) is 67.1 Å². The number of carbonyl (C=O) groups is 3. The fraction of sp³-hybridized carbons (Fsp3) is 0.519. The van der Waals surface area contributed by atoms with Crippen LogP contribution in [0.4, 0.5) is 13.2 Å². The van der Waals surface area contributed by atoms with Crippen LogP contribution in [-0.4, -0.2) is 61.0 Å². The number of aliphatic hydroxyl groups excluding tert-OH is 2. The summed E-state index contributed by atoms with van der Waals surface area (Å²) in [6.07, 6.45) is -5.40. The molecule has 0 bridgehead atoms. The number of phenols is 1. The third kappa shape index (κ3) is 4.20. The topological polar surface area (TPSA) is 161 Å². The average Bonchev–Trinajstić information content (AvgIpc) is 2.80. The molecule has 4 rings (SSSR count). The third-order valence-corrected chi connectivity index (χ3v) is 8.74. The Morgan fingerprint density at radius 1 is 1.18 bits per heavy atom. The number of primary amides is 1. The Bertz CT molecular complexity index is 1360. The van der Waals surface area contributed by atoms with Crippen LogP contribution in [0.3, 0.4) is 0 Å². The van der Waals surface area contributed by atoms with Gasteiger partial charge in [-0.15, -0.1) is 0 Å². The van der Waals surface area contributed by atoms with E-state index in [9.17, 15) is 48.0 Å². The number of aliphatic hydroxyl groups is 3. The van der Waals surface area contributed by atoms with Gasteiger partial charge in [0.15, 0.2) is 11.4 Å². The molecule has 0 heterocycles. The Labute approximate surface area is 222 Å². The monoisotopic (exact) mass is 552 g/mol. The zero-order valence-corrected chi connectivity index (χ0v) is 21.9. The van der Waals surface area contributed by atoms with Crippen molar-refractivity contribution in [3.05, 3.63) is 51.0 Å². The van der Waals surface area contributed by atoms with Crippen molar-refractivity contribution in [3.8, 4) is 5.75 Å². The van der Waals surface area contributed by atoms with E-state index in [1.165, 1.54) is 0 Å². The molecule has 3 atom stereocenters. The van der Waals surface area contributed by atoms with E-state index < -0.39 is 105 Å². The maximum absolute atomic E-state index is 14.5. The molecule has 0 aliphatic heterocycles. The van der Waals surface area contributed by atoms with Crippen LogP contribution in [0.2, 0.25) is 0 Å². The predicted octanol–water partition coefficient (Wildman–Crippen LogP) is 3.22. The Morgan fingerprint density at radius 3 is 2.33 bits per heavy atom. The molecule has 0 spiro atoms. The van der Waals surface area contributed by atoms with Gasteiger partial charge in [0.05, 0.1) is 11.1 Å². The number of Topliss-reactive ketones (excluding diaryl/α,β-unsaturated/α-hetero) is 2. The molecule has 9 nitrogen and oxygen atoms in total. The highest BCUT2D eigenvalue weighted by atomic mass is 19.4. The van der Waals surface area contributed by atoms with E-state index in [4.69, 9.17) is 5.73 Å². The maximum Gasteiger partial charge on any atom is 0.417 e. The number of ketones is 2. The normalized spacial score (nSPS) is 25.6. The SMILES string of the molecule is CCC(C)(C)N(C)Cc1cc(O)c2c(c1C(F)(F)F)CC1C[C@H]3CC(O)=C(C(N)=O)C(=O)[C@@]3(O)C(O)=C1C2=O. The van der Waals surface area contributed by atoms with Crippen molar-refractivity contribution in [2.75, 3.05) is 7.05 Å². The van der Waals surface area contributed by atoms with Crippen molar-refractivity contribution < 1.29 is 48.0 Å². The highest BCUT2D eigenvalue weighted by Gasteiger charge is 2.60. The first-order valence-corrected chi connectivity index (χ1v) is 12.5. The first-order chi connectivity index (χ1) is 17.9. The van der Waals surface area contributed by atoms with Crippen LogP contribution in [0.15, 0.2) is 28.7 Å².